The fraction of sp³-hybridized carbons (Fsp3) is 0.500. The number of amides is 3. The van der Waals surface area contributed by atoms with Crippen LogP contribution in [-0.2, 0) is 24.4 Å². The molecule has 3 heterocycles. The fourth-order valence-corrected chi connectivity index (χ4v) is 8.95. The van der Waals surface area contributed by atoms with Crippen LogP contribution in [0.2, 0.25) is 0 Å². The van der Waals surface area contributed by atoms with Crippen molar-refractivity contribution in [3.8, 4) is 22.9 Å². The molecule has 12 nitrogen and oxygen atoms in total. The van der Waals surface area contributed by atoms with Gasteiger partial charge in [-0.05, 0) is 89.5 Å². The monoisotopic (exact) mass is 715 g/mol. The van der Waals surface area contributed by atoms with Crippen molar-refractivity contribution in [2.24, 2.45) is 17.8 Å². The zero-order valence-corrected chi connectivity index (χ0v) is 30.3. The second kappa shape index (κ2) is 13.6. The van der Waals surface area contributed by atoms with Gasteiger partial charge in [-0.2, -0.15) is 0 Å². The second-order valence-corrected chi connectivity index (χ2v) is 16.5. The minimum atomic E-state index is -3.83. The van der Waals surface area contributed by atoms with Gasteiger partial charge in [0.2, 0.25) is 21.8 Å². The van der Waals surface area contributed by atoms with Crippen LogP contribution in [-0.4, -0.2) is 78.6 Å². The van der Waals surface area contributed by atoms with Crippen LogP contribution in [0.3, 0.4) is 0 Å². The molecule has 4 aliphatic rings. The Bertz CT molecular complexity index is 2030. The van der Waals surface area contributed by atoms with E-state index in [1.807, 2.05) is 62.4 Å². The lowest BCUT2D eigenvalue weighted by atomic mass is 9.93. The molecule has 51 heavy (non-hydrogen) atoms. The van der Waals surface area contributed by atoms with E-state index in [0.717, 1.165) is 35.9 Å². The summed E-state index contributed by atoms with van der Waals surface area (Å²) in [4.78, 5) is 53.2. The third-order valence-corrected chi connectivity index (χ3v) is 12.6. The molecule has 3 fully saturated rings. The first-order chi connectivity index (χ1) is 24.4. The molecule has 270 valence electrons. The zero-order valence-electron chi connectivity index (χ0n) is 29.5. The summed E-state index contributed by atoms with van der Waals surface area (Å²) in [6, 6.07) is 11.3. The lowest BCUT2D eigenvalue weighted by molar-refractivity contribution is -0.140. The van der Waals surface area contributed by atoms with Gasteiger partial charge in [-0.25, -0.2) is 13.4 Å². The third kappa shape index (κ3) is 6.92. The number of aryl methyl sites for hydroxylation is 2. The Kier molecular flexibility index (Phi) is 9.28. The number of pyridine rings is 2. The Labute approximate surface area is 298 Å². The van der Waals surface area contributed by atoms with Crippen molar-refractivity contribution in [2.75, 3.05) is 20.7 Å². The van der Waals surface area contributed by atoms with E-state index in [9.17, 15) is 22.8 Å². The molecule has 3 aromatic rings. The maximum Gasteiger partial charge on any atom is 0.259 e. The number of sulfonamides is 1. The fourth-order valence-electron chi connectivity index (χ4n) is 7.59. The highest BCUT2D eigenvalue weighted by Crippen LogP contribution is 2.47. The first-order valence-electron chi connectivity index (χ1n) is 17.8. The van der Waals surface area contributed by atoms with Crippen LogP contribution >= 0.6 is 0 Å². The van der Waals surface area contributed by atoms with Gasteiger partial charge in [-0.15, -0.1) is 0 Å². The molecule has 7 rings (SSSR count). The van der Waals surface area contributed by atoms with E-state index >= 15 is 0 Å². The summed E-state index contributed by atoms with van der Waals surface area (Å²) in [5.74, 6) is -1.93. The zero-order chi connectivity index (χ0) is 36.1. The molecule has 0 saturated heterocycles. The van der Waals surface area contributed by atoms with Gasteiger partial charge in [0.05, 0.1) is 41.1 Å². The standard InChI is InChI=1S/C38H45N5O7S/c1-22-10-9-12-30(39-22)31-20-33(27-15-16-32(49-4)23(2)34(27)40-31)50-25-18-28-29(19-25)36(45)43(3)17-8-6-5-7-11-24-21-38(24,41-35(28)44)37(46)42-51(47,48)26-13-14-26/h7,9-12,15-16,20,24-26,28-29H,5-6,8,13-14,17-19,21H2,1-4H3,(H,41,44)(H,42,46)/b11-7-/t24-,25+,28+,29+,38+/m0/s1. The number of methoxy groups -OCH3 is 1. The van der Waals surface area contributed by atoms with Gasteiger partial charge in [0.25, 0.3) is 5.91 Å². The quantitative estimate of drug-likeness (QED) is 0.339. The summed E-state index contributed by atoms with van der Waals surface area (Å²) in [7, 11) is -0.457. The molecule has 3 amide bonds. The predicted molar refractivity (Wildman–Crippen MR) is 191 cm³/mol. The number of allylic oxidation sites excluding steroid dienone is 1. The number of hydrogen-bond donors (Lipinski definition) is 2. The highest BCUT2D eigenvalue weighted by atomic mass is 32.2. The molecule has 5 atom stereocenters. The highest BCUT2D eigenvalue weighted by molar-refractivity contribution is 7.91. The average Bonchev–Trinajstić information content (AvgIpc) is 4.03. The number of benzene rings is 1. The van der Waals surface area contributed by atoms with Crippen LogP contribution in [0.25, 0.3) is 22.3 Å². The first kappa shape index (κ1) is 34.9. The molecular weight excluding hydrogens is 671 g/mol. The van der Waals surface area contributed by atoms with Crippen molar-refractivity contribution in [1.82, 2.24) is 24.9 Å². The van der Waals surface area contributed by atoms with Crippen molar-refractivity contribution >= 4 is 38.6 Å². The molecule has 0 spiro atoms. The van der Waals surface area contributed by atoms with Crippen molar-refractivity contribution in [2.45, 2.75) is 82.1 Å². The summed E-state index contributed by atoms with van der Waals surface area (Å²) in [5.41, 5.74) is 2.27. The molecule has 3 aliphatic carbocycles. The number of nitrogens with zero attached hydrogens (tertiary/aromatic N) is 3. The molecular formula is C38H45N5O7S. The van der Waals surface area contributed by atoms with Gasteiger partial charge in [-0.3, -0.25) is 24.1 Å². The molecule has 0 radical (unpaired) electrons. The third-order valence-electron chi connectivity index (χ3n) is 10.8. The van der Waals surface area contributed by atoms with E-state index in [-0.39, 0.29) is 31.1 Å². The Morgan fingerprint density at radius 3 is 2.55 bits per heavy atom. The second-order valence-electron chi connectivity index (χ2n) is 14.5. The number of fused-ring (bicyclic) bond motifs is 3. The maximum atomic E-state index is 14.2. The number of aromatic nitrogens is 2. The van der Waals surface area contributed by atoms with Gasteiger partial charge in [0.1, 0.15) is 23.1 Å². The van der Waals surface area contributed by atoms with Crippen molar-refractivity contribution < 1.29 is 32.3 Å². The lowest BCUT2D eigenvalue weighted by Crippen LogP contribution is -2.54. The first-order valence-corrected chi connectivity index (χ1v) is 19.3. The van der Waals surface area contributed by atoms with Crippen LogP contribution in [0.4, 0.5) is 0 Å². The average molecular weight is 716 g/mol. The topological polar surface area (TPSA) is 157 Å². The Balaban J connectivity index is 1.21. The van der Waals surface area contributed by atoms with E-state index < -0.39 is 50.6 Å². The normalized spacial score (nSPS) is 27.5. The molecule has 0 bridgehead atoms. The number of carbonyl (C=O) groups is 3. The maximum absolute atomic E-state index is 14.2. The van der Waals surface area contributed by atoms with E-state index in [1.54, 1.807) is 19.1 Å². The van der Waals surface area contributed by atoms with Crippen molar-refractivity contribution in [1.29, 1.82) is 0 Å². The Morgan fingerprint density at radius 1 is 1.02 bits per heavy atom. The molecule has 1 aliphatic heterocycles. The number of rotatable bonds is 7. The lowest BCUT2D eigenvalue weighted by Gasteiger charge is -2.26. The Morgan fingerprint density at radius 2 is 1.80 bits per heavy atom. The van der Waals surface area contributed by atoms with Crippen LogP contribution < -0.4 is 19.5 Å². The summed E-state index contributed by atoms with van der Waals surface area (Å²) in [6.07, 6.45) is 7.58. The van der Waals surface area contributed by atoms with Gasteiger partial charge < -0.3 is 19.7 Å². The SMILES string of the molecule is COc1ccc2c(O[C@@H]3C[C@H]4C(=O)N[C@]5(C(=O)NS(=O)(=O)C6CC6)C[C@@H]5/C=C\CCCCN(C)C(=O)[C@@H]4C3)cc(-c3cccc(C)n3)nc2c1C. The highest BCUT2D eigenvalue weighted by Gasteiger charge is 2.62. The van der Waals surface area contributed by atoms with Gasteiger partial charge >= 0.3 is 0 Å². The molecule has 13 heteroatoms. The minimum absolute atomic E-state index is 0.152. The van der Waals surface area contributed by atoms with Crippen molar-refractivity contribution in [3.63, 3.8) is 0 Å². The number of nitrogens with one attached hydrogen (secondary N) is 2. The number of hydrogen-bond acceptors (Lipinski definition) is 9. The molecule has 1 aromatic carbocycles. The van der Waals surface area contributed by atoms with E-state index in [0.29, 0.717) is 47.8 Å². The largest absolute Gasteiger partial charge is 0.496 e. The van der Waals surface area contributed by atoms with Crippen LogP contribution in [0.15, 0.2) is 48.6 Å². The van der Waals surface area contributed by atoms with Crippen LogP contribution in [0, 0.1) is 31.6 Å². The summed E-state index contributed by atoms with van der Waals surface area (Å²) in [6.45, 7) is 4.41. The van der Waals surface area contributed by atoms with Gasteiger partial charge in [0, 0.05) is 42.2 Å². The van der Waals surface area contributed by atoms with Gasteiger partial charge in [0.15, 0.2) is 0 Å². The summed E-state index contributed by atoms with van der Waals surface area (Å²) in [5, 5.41) is 3.13. The van der Waals surface area contributed by atoms with Gasteiger partial charge in [-0.1, -0.05) is 18.2 Å². The minimum Gasteiger partial charge on any atom is -0.496 e. The molecule has 2 N–H and O–H groups in total. The summed E-state index contributed by atoms with van der Waals surface area (Å²) >= 11 is 0. The van der Waals surface area contributed by atoms with Crippen molar-refractivity contribution in [3.05, 3.63) is 59.8 Å². The van der Waals surface area contributed by atoms with E-state index in [4.69, 9.17) is 14.5 Å². The number of carbonyl (C=O) groups excluding carboxylic acids is 3. The van der Waals surface area contributed by atoms with E-state index in [1.165, 1.54) is 0 Å². The Hall–Kier alpha value is -4.52. The smallest absolute Gasteiger partial charge is 0.259 e. The molecule has 3 saturated carbocycles. The van der Waals surface area contributed by atoms with E-state index in [2.05, 4.69) is 15.0 Å². The molecule has 0 unspecified atom stereocenters. The summed E-state index contributed by atoms with van der Waals surface area (Å²) < 4.78 is 40.1. The molecule has 2 aromatic heterocycles. The van der Waals surface area contributed by atoms with Crippen LogP contribution in [0.1, 0.15) is 62.6 Å². The predicted octanol–water partition coefficient (Wildman–Crippen LogP) is 4.38. The van der Waals surface area contributed by atoms with Crippen LogP contribution in [0.5, 0.6) is 11.5 Å². The number of ether oxygens (including phenoxy) is 2.